The van der Waals surface area contributed by atoms with Crippen molar-refractivity contribution in [1.29, 1.82) is 0 Å². The van der Waals surface area contributed by atoms with Crippen LogP contribution >= 0.6 is 0 Å². The van der Waals surface area contributed by atoms with E-state index in [-0.39, 0.29) is 6.61 Å². The number of nitrogens with zero attached hydrogens (tertiary/aromatic N) is 1. The second-order valence-corrected chi connectivity index (χ2v) is 4.03. The smallest absolute Gasteiger partial charge is 0.335 e. The van der Waals surface area contributed by atoms with E-state index in [1.807, 2.05) is 0 Å². The summed E-state index contributed by atoms with van der Waals surface area (Å²) in [6.07, 6.45) is 0.691. The zero-order chi connectivity index (χ0) is 12.3. The first-order valence-corrected chi connectivity index (χ1v) is 5.69. The van der Waals surface area contributed by atoms with Gasteiger partial charge in [0, 0.05) is 26.2 Å². The molecule has 0 saturated heterocycles. The molecule has 0 radical (unpaired) electrons. The number of hydrogen-bond acceptors (Lipinski definition) is 4. The lowest BCUT2D eigenvalue weighted by Gasteiger charge is -2.32. The van der Waals surface area contributed by atoms with Crippen molar-refractivity contribution in [2.75, 3.05) is 36.5 Å². The van der Waals surface area contributed by atoms with Gasteiger partial charge in [-0.1, -0.05) is 0 Å². The highest BCUT2D eigenvalue weighted by molar-refractivity contribution is 5.91. The minimum absolute atomic E-state index is 0.151. The molecule has 0 spiro atoms. The van der Waals surface area contributed by atoms with Crippen LogP contribution in [0.4, 0.5) is 11.4 Å². The largest absolute Gasteiger partial charge is 0.478 e. The zero-order valence-corrected chi connectivity index (χ0v) is 9.52. The molecule has 92 valence electrons. The Morgan fingerprint density at radius 3 is 3.00 bits per heavy atom. The Bertz CT molecular complexity index is 420. The summed E-state index contributed by atoms with van der Waals surface area (Å²) in [4.78, 5) is 13.0. The maximum atomic E-state index is 10.9. The molecule has 1 aromatic carbocycles. The van der Waals surface area contributed by atoms with E-state index in [0.717, 1.165) is 31.0 Å². The first-order valence-electron chi connectivity index (χ1n) is 5.69. The first-order chi connectivity index (χ1) is 8.22. The molecule has 1 heterocycles. The van der Waals surface area contributed by atoms with Crippen LogP contribution in [0.2, 0.25) is 0 Å². The van der Waals surface area contributed by atoms with Crippen LogP contribution in [0.25, 0.3) is 0 Å². The Balaban J connectivity index is 2.27. The minimum Gasteiger partial charge on any atom is -0.478 e. The van der Waals surface area contributed by atoms with Gasteiger partial charge in [0.05, 0.1) is 16.9 Å². The van der Waals surface area contributed by atoms with Crippen molar-refractivity contribution >= 4 is 17.3 Å². The molecule has 1 aliphatic rings. The quantitative estimate of drug-likeness (QED) is 0.727. The molecule has 0 fully saturated rings. The van der Waals surface area contributed by atoms with Crippen LogP contribution in [0.15, 0.2) is 18.2 Å². The summed E-state index contributed by atoms with van der Waals surface area (Å²) in [6, 6.07) is 5.08. The second kappa shape index (κ2) is 5.05. The van der Waals surface area contributed by atoms with Crippen LogP contribution in [0.3, 0.4) is 0 Å². The number of aromatic carboxylic acids is 1. The summed E-state index contributed by atoms with van der Waals surface area (Å²) in [5.74, 6) is -0.916. The van der Waals surface area contributed by atoms with E-state index < -0.39 is 5.97 Å². The van der Waals surface area contributed by atoms with E-state index in [4.69, 9.17) is 10.2 Å². The number of fused-ring (bicyclic) bond motifs is 1. The molecule has 0 unspecified atom stereocenters. The highest BCUT2D eigenvalue weighted by Gasteiger charge is 2.17. The third-order valence-corrected chi connectivity index (χ3v) is 2.87. The fourth-order valence-corrected chi connectivity index (χ4v) is 2.02. The van der Waals surface area contributed by atoms with Crippen molar-refractivity contribution in [3.63, 3.8) is 0 Å². The van der Waals surface area contributed by atoms with Crippen molar-refractivity contribution in [1.82, 2.24) is 0 Å². The molecule has 0 saturated carbocycles. The highest BCUT2D eigenvalue weighted by atomic mass is 16.4. The van der Waals surface area contributed by atoms with Gasteiger partial charge in [0.25, 0.3) is 0 Å². The first kappa shape index (κ1) is 11.7. The van der Waals surface area contributed by atoms with E-state index in [0.29, 0.717) is 12.0 Å². The number of carbonyl (C=O) groups is 1. The number of aliphatic hydroxyl groups is 1. The number of carboxylic acid groups (broad SMARTS) is 1. The van der Waals surface area contributed by atoms with Crippen molar-refractivity contribution in [3.05, 3.63) is 23.8 Å². The summed E-state index contributed by atoms with van der Waals surface area (Å²) >= 11 is 0. The average Bonchev–Trinajstić information content (AvgIpc) is 2.35. The molecule has 5 nitrogen and oxygen atoms in total. The van der Waals surface area contributed by atoms with Crippen LogP contribution in [-0.2, 0) is 0 Å². The van der Waals surface area contributed by atoms with Gasteiger partial charge in [-0.3, -0.25) is 0 Å². The molecule has 1 aliphatic heterocycles. The molecule has 2 rings (SSSR count). The van der Waals surface area contributed by atoms with Crippen molar-refractivity contribution in [2.45, 2.75) is 6.42 Å². The maximum absolute atomic E-state index is 10.9. The summed E-state index contributed by atoms with van der Waals surface area (Å²) in [5.41, 5.74) is 2.16. The summed E-state index contributed by atoms with van der Waals surface area (Å²) in [6.45, 7) is 2.56. The Hall–Kier alpha value is -1.75. The van der Waals surface area contributed by atoms with Gasteiger partial charge >= 0.3 is 5.97 Å². The molecule has 0 atom stereocenters. The minimum atomic E-state index is -0.916. The normalized spacial score (nSPS) is 14.1. The Morgan fingerprint density at radius 1 is 1.47 bits per heavy atom. The molecule has 0 aliphatic carbocycles. The number of carboxylic acids is 1. The predicted octanol–water partition coefficient (Wildman–Crippen LogP) is 0.999. The number of aliphatic hydroxyl groups excluding tert-OH is 1. The highest BCUT2D eigenvalue weighted by Crippen LogP contribution is 2.30. The lowest BCUT2D eigenvalue weighted by Crippen LogP contribution is -2.35. The Labute approximate surface area is 99.7 Å². The van der Waals surface area contributed by atoms with Crippen LogP contribution in [-0.4, -0.2) is 42.4 Å². The molecule has 0 amide bonds. The van der Waals surface area contributed by atoms with Crippen LogP contribution in [0, 0.1) is 0 Å². The SMILES string of the molecule is O=C(O)c1ccc2c(c1)N(CCCO)CCN2. The lowest BCUT2D eigenvalue weighted by atomic mass is 10.1. The van der Waals surface area contributed by atoms with Crippen molar-refractivity contribution in [2.24, 2.45) is 0 Å². The number of anilines is 2. The fourth-order valence-electron chi connectivity index (χ4n) is 2.02. The van der Waals surface area contributed by atoms with Gasteiger partial charge in [0.15, 0.2) is 0 Å². The van der Waals surface area contributed by atoms with Crippen LogP contribution < -0.4 is 10.2 Å². The lowest BCUT2D eigenvalue weighted by molar-refractivity contribution is 0.0697. The maximum Gasteiger partial charge on any atom is 0.335 e. The van der Waals surface area contributed by atoms with Gasteiger partial charge in [-0.05, 0) is 24.6 Å². The number of hydrogen-bond donors (Lipinski definition) is 3. The molecular formula is C12H16N2O3. The molecule has 0 aromatic heterocycles. The van der Waals surface area contributed by atoms with E-state index in [9.17, 15) is 4.79 Å². The predicted molar refractivity (Wildman–Crippen MR) is 65.8 cm³/mol. The Kier molecular flexibility index (Phi) is 3.49. The van der Waals surface area contributed by atoms with Gasteiger partial charge in [0.1, 0.15) is 0 Å². The number of nitrogens with one attached hydrogen (secondary N) is 1. The van der Waals surface area contributed by atoms with Crippen molar-refractivity contribution < 1.29 is 15.0 Å². The second-order valence-electron chi connectivity index (χ2n) is 4.03. The van der Waals surface area contributed by atoms with Gasteiger partial charge < -0.3 is 20.4 Å². The third-order valence-electron chi connectivity index (χ3n) is 2.87. The van der Waals surface area contributed by atoms with E-state index in [1.165, 1.54) is 0 Å². The molecule has 1 aromatic rings. The molecule has 17 heavy (non-hydrogen) atoms. The van der Waals surface area contributed by atoms with Crippen LogP contribution in [0.5, 0.6) is 0 Å². The van der Waals surface area contributed by atoms with Gasteiger partial charge in [-0.25, -0.2) is 4.79 Å². The molecular weight excluding hydrogens is 220 g/mol. The van der Waals surface area contributed by atoms with Gasteiger partial charge in [-0.2, -0.15) is 0 Å². The topological polar surface area (TPSA) is 72.8 Å². The zero-order valence-electron chi connectivity index (χ0n) is 9.52. The number of benzene rings is 1. The summed E-state index contributed by atoms with van der Waals surface area (Å²) in [7, 11) is 0. The monoisotopic (exact) mass is 236 g/mol. The Morgan fingerprint density at radius 2 is 2.29 bits per heavy atom. The van der Waals surface area contributed by atoms with Crippen LogP contribution in [0.1, 0.15) is 16.8 Å². The standard InChI is InChI=1S/C12H16N2O3/c15-7-1-5-14-6-4-13-10-3-2-9(12(16)17)8-11(10)14/h2-3,8,13,15H,1,4-7H2,(H,16,17). The fraction of sp³-hybridized carbons (Fsp3) is 0.417. The molecule has 5 heteroatoms. The molecule has 3 N–H and O–H groups in total. The van der Waals surface area contributed by atoms with Gasteiger partial charge in [0.2, 0.25) is 0 Å². The van der Waals surface area contributed by atoms with E-state index in [2.05, 4.69) is 10.2 Å². The van der Waals surface area contributed by atoms with Gasteiger partial charge in [-0.15, -0.1) is 0 Å². The summed E-state index contributed by atoms with van der Waals surface area (Å²) in [5, 5.41) is 21.1. The van der Waals surface area contributed by atoms with E-state index >= 15 is 0 Å². The number of rotatable bonds is 4. The molecule has 0 bridgehead atoms. The van der Waals surface area contributed by atoms with E-state index in [1.54, 1.807) is 18.2 Å². The third kappa shape index (κ3) is 2.50. The average molecular weight is 236 g/mol. The van der Waals surface area contributed by atoms with Crippen molar-refractivity contribution in [3.8, 4) is 0 Å². The summed E-state index contributed by atoms with van der Waals surface area (Å²) < 4.78 is 0.